The van der Waals surface area contributed by atoms with Crippen molar-refractivity contribution >= 4 is 30.7 Å². The summed E-state index contributed by atoms with van der Waals surface area (Å²) in [5.41, 5.74) is 1.58. The number of carbonyl (C=O) groups is 1. The Labute approximate surface area is 174 Å². The monoisotopic (exact) mass is 415 g/mol. The molecule has 2 N–H and O–H groups in total. The van der Waals surface area contributed by atoms with E-state index in [2.05, 4.69) is 39.8 Å². The zero-order valence-electron chi connectivity index (χ0n) is 15.7. The number of amides is 1. The average Bonchev–Trinajstić information content (AvgIpc) is 3.37. The first-order chi connectivity index (χ1) is 12.3. The minimum absolute atomic E-state index is 0. The number of carbonyl (C=O) groups excluding carboxylic acids is 1. The second kappa shape index (κ2) is 10.1. The molecule has 1 spiro atoms. The van der Waals surface area contributed by atoms with Gasteiger partial charge in [0.1, 0.15) is 0 Å². The summed E-state index contributed by atoms with van der Waals surface area (Å²) in [4.78, 5) is 15.2. The quantitative estimate of drug-likeness (QED) is 0.774. The second-order valence-electron chi connectivity index (χ2n) is 7.69. The van der Waals surface area contributed by atoms with E-state index in [0.29, 0.717) is 12.0 Å². The molecular weight excluding hydrogens is 385 g/mol. The Morgan fingerprint density at radius 3 is 2.52 bits per heavy atom. The van der Waals surface area contributed by atoms with Gasteiger partial charge in [0.15, 0.2) is 0 Å². The molecule has 1 amide bonds. The molecule has 152 valence electrons. The highest BCUT2D eigenvalue weighted by Crippen LogP contribution is 2.58. The molecule has 2 saturated heterocycles. The van der Waals surface area contributed by atoms with Gasteiger partial charge in [0.2, 0.25) is 5.91 Å². The molecule has 5 nitrogen and oxygen atoms in total. The fourth-order valence-electron chi connectivity index (χ4n) is 4.54. The van der Waals surface area contributed by atoms with Crippen LogP contribution in [0.3, 0.4) is 0 Å². The summed E-state index contributed by atoms with van der Waals surface area (Å²) in [6.45, 7) is 6.21. The smallest absolute Gasteiger partial charge is 0.223 e. The number of morpholine rings is 1. The third-order valence-electron chi connectivity index (χ3n) is 6.25. The van der Waals surface area contributed by atoms with Crippen LogP contribution in [-0.4, -0.2) is 56.7 Å². The maximum atomic E-state index is 12.7. The van der Waals surface area contributed by atoms with Gasteiger partial charge >= 0.3 is 0 Å². The summed E-state index contributed by atoms with van der Waals surface area (Å²) >= 11 is 0. The largest absolute Gasteiger partial charge is 0.379 e. The Balaban J connectivity index is 0.00000131. The lowest BCUT2D eigenvalue weighted by Gasteiger charge is -2.35. The van der Waals surface area contributed by atoms with E-state index in [1.165, 1.54) is 5.56 Å². The van der Waals surface area contributed by atoms with E-state index in [1.807, 2.05) is 6.07 Å². The van der Waals surface area contributed by atoms with Crippen molar-refractivity contribution in [2.75, 3.05) is 45.9 Å². The van der Waals surface area contributed by atoms with Gasteiger partial charge in [-0.05, 0) is 43.3 Å². The first-order valence-electron chi connectivity index (χ1n) is 9.64. The summed E-state index contributed by atoms with van der Waals surface area (Å²) in [7, 11) is 0. The molecule has 0 radical (unpaired) electrons. The van der Waals surface area contributed by atoms with Crippen molar-refractivity contribution in [3.05, 3.63) is 35.9 Å². The Hall–Kier alpha value is -0.850. The lowest BCUT2D eigenvalue weighted by molar-refractivity contribution is -0.123. The number of halogens is 2. The highest BCUT2D eigenvalue weighted by molar-refractivity contribution is 5.85. The fraction of sp³-hybridized carbons (Fsp3) is 0.650. The Kier molecular flexibility index (Phi) is 8.38. The summed E-state index contributed by atoms with van der Waals surface area (Å²) in [5.74, 6) is 0.492. The summed E-state index contributed by atoms with van der Waals surface area (Å²) in [6, 6.07) is 10.8. The van der Waals surface area contributed by atoms with Gasteiger partial charge in [0, 0.05) is 25.6 Å². The van der Waals surface area contributed by atoms with Crippen LogP contribution in [0, 0.1) is 11.3 Å². The van der Waals surface area contributed by atoms with Gasteiger partial charge in [0.25, 0.3) is 0 Å². The molecule has 0 aromatic heterocycles. The van der Waals surface area contributed by atoms with Crippen molar-refractivity contribution in [1.82, 2.24) is 15.5 Å². The van der Waals surface area contributed by atoms with Crippen molar-refractivity contribution in [2.24, 2.45) is 11.3 Å². The average molecular weight is 416 g/mol. The van der Waals surface area contributed by atoms with E-state index >= 15 is 0 Å². The molecule has 2 unspecified atom stereocenters. The maximum Gasteiger partial charge on any atom is 0.223 e. The Bertz CT molecular complexity index is 590. The van der Waals surface area contributed by atoms with Gasteiger partial charge in [-0.3, -0.25) is 9.69 Å². The molecule has 1 saturated carbocycles. The number of benzene rings is 1. The van der Waals surface area contributed by atoms with Crippen LogP contribution >= 0.6 is 24.8 Å². The SMILES string of the molecule is Cl.Cl.O=C(NCC(c1ccccc1)N1CCOCC1)C1CC12CCNCC2. The minimum atomic E-state index is 0. The first kappa shape index (κ1) is 22.4. The standard InChI is InChI=1S/C20H29N3O2.2ClH/c24-19(17-14-20(17)6-8-21-9-7-20)22-15-18(16-4-2-1-3-5-16)23-10-12-25-13-11-23;;/h1-5,17-18,21H,6-15H2,(H,22,24);2*1H. The molecule has 4 rings (SSSR count). The van der Waals surface area contributed by atoms with E-state index in [-0.39, 0.29) is 42.7 Å². The van der Waals surface area contributed by atoms with Crippen molar-refractivity contribution in [1.29, 1.82) is 0 Å². The number of ether oxygens (including phenoxy) is 1. The number of nitrogens with one attached hydrogen (secondary N) is 2. The van der Waals surface area contributed by atoms with Crippen molar-refractivity contribution in [3.63, 3.8) is 0 Å². The Morgan fingerprint density at radius 1 is 1.19 bits per heavy atom. The molecular formula is C20H31Cl2N3O2. The van der Waals surface area contributed by atoms with Gasteiger partial charge in [-0.15, -0.1) is 24.8 Å². The molecule has 1 aromatic rings. The number of hydrogen-bond acceptors (Lipinski definition) is 4. The van der Waals surface area contributed by atoms with E-state index < -0.39 is 0 Å². The van der Waals surface area contributed by atoms with Gasteiger partial charge in [-0.1, -0.05) is 30.3 Å². The van der Waals surface area contributed by atoms with E-state index in [4.69, 9.17) is 4.74 Å². The molecule has 27 heavy (non-hydrogen) atoms. The molecule has 2 heterocycles. The van der Waals surface area contributed by atoms with Crippen LogP contribution in [0.25, 0.3) is 0 Å². The normalized spacial score (nSPS) is 25.0. The van der Waals surface area contributed by atoms with Crippen molar-refractivity contribution in [3.8, 4) is 0 Å². The summed E-state index contributed by atoms with van der Waals surface area (Å²) in [6.07, 6.45) is 3.38. The van der Waals surface area contributed by atoms with Gasteiger partial charge in [-0.25, -0.2) is 0 Å². The molecule has 2 aliphatic heterocycles. The van der Waals surface area contributed by atoms with Gasteiger partial charge < -0.3 is 15.4 Å². The molecule has 3 aliphatic rings. The molecule has 1 aliphatic carbocycles. The number of nitrogens with zero attached hydrogens (tertiary/aromatic N) is 1. The number of piperidine rings is 1. The van der Waals surface area contributed by atoms with Gasteiger partial charge in [0.05, 0.1) is 19.3 Å². The van der Waals surface area contributed by atoms with E-state index in [0.717, 1.165) is 58.7 Å². The van der Waals surface area contributed by atoms with Crippen LogP contribution < -0.4 is 10.6 Å². The maximum absolute atomic E-state index is 12.7. The Morgan fingerprint density at radius 2 is 1.85 bits per heavy atom. The molecule has 0 bridgehead atoms. The molecule has 3 fully saturated rings. The highest BCUT2D eigenvalue weighted by atomic mass is 35.5. The number of hydrogen-bond donors (Lipinski definition) is 2. The summed E-state index contributed by atoms with van der Waals surface area (Å²) < 4.78 is 5.50. The topological polar surface area (TPSA) is 53.6 Å². The molecule has 7 heteroatoms. The van der Waals surface area contributed by atoms with E-state index in [1.54, 1.807) is 0 Å². The van der Waals surface area contributed by atoms with Crippen LogP contribution in [0.4, 0.5) is 0 Å². The molecule has 2 atom stereocenters. The lowest BCUT2D eigenvalue weighted by Crippen LogP contribution is -2.44. The second-order valence-corrected chi connectivity index (χ2v) is 7.69. The summed E-state index contributed by atoms with van der Waals surface area (Å²) in [5, 5.41) is 6.67. The first-order valence-corrected chi connectivity index (χ1v) is 9.64. The zero-order chi connectivity index (χ0) is 17.1. The fourth-order valence-corrected chi connectivity index (χ4v) is 4.54. The zero-order valence-corrected chi connectivity index (χ0v) is 17.3. The predicted octanol–water partition coefficient (Wildman–Crippen LogP) is 2.41. The number of rotatable bonds is 5. The van der Waals surface area contributed by atoms with E-state index in [9.17, 15) is 4.79 Å². The van der Waals surface area contributed by atoms with Crippen LogP contribution in [0.5, 0.6) is 0 Å². The van der Waals surface area contributed by atoms with Gasteiger partial charge in [-0.2, -0.15) is 0 Å². The van der Waals surface area contributed by atoms with Crippen LogP contribution in [-0.2, 0) is 9.53 Å². The van der Waals surface area contributed by atoms with Crippen molar-refractivity contribution < 1.29 is 9.53 Å². The lowest BCUT2D eigenvalue weighted by atomic mass is 9.91. The van der Waals surface area contributed by atoms with Crippen molar-refractivity contribution in [2.45, 2.75) is 25.3 Å². The third-order valence-corrected chi connectivity index (χ3v) is 6.25. The van der Waals surface area contributed by atoms with Crippen LogP contribution in [0.2, 0.25) is 0 Å². The predicted molar refractivity (Wildman–Crippen MR) is 112 cm³/mol. The van der Waals surface area contributed by atoms with Crippen LogP contribution in [0.15, 0.2) is 30.3 Å². The molecule has 1 aromatic carbocycles. The minimum Gasteiger partial charge on any atom is -0.379 e. The third kappa shape index (κ3) is 5.15. The van der Waals surface area contributed by atoms with Crippen LogP contribution in [0.1, 0.15) is 30.9 Å². The highest BCUT2D eigenvalue weighted by Gasteiger charge is 2.57.